The van der Waals surface area contributed by atoms with Gasteiger partial charge >= 0.3 is 0 Å². The Kier molecular flexibility index (Phi) is 5.05. The molecule has 14 heavy (non-hydrogen) atoms. The molecule has 0 fully saturated rings. The summed E-state index contributed by atoms with van der Waals surface area (Å²) in [7, 11) is 0. The summed E-state index contributed by atoms with van der Waals surface area (Å²) in [5.74, 6) is 1.13. The molecule has 0 heterocycles. The van der Waals surface area contributed by atoms with E-state index in [0.717, 1.165) is 18.6 Å². The van der Waals surface area contributed by atoms with Crippen molar-refractivity contribution in [2.45, 2.75) is 37.6 Å². The van der Waals surface area contributed by atoms with Gasteiger partial charge in [0.25, 0.3) is 0 Å². The Labute approximate surface area is 91.1 Å². The van der Waals surface area contributed by atoms with Crippen LogP contribution in [-0.4, -0.2) is 5.75 Å². The summed E-state index contributed by atoms with van der Waals surface area (Å²) in [6.45, 7) is 4.34. The number of nitrogens with two attached hydrogens (primary N) is 1. The zero-order valence-electron chi connectivity index (χ0n) is 8.99. The fourth-order valence-corrected chi connectivity index (χ4v) is 2.12. The molecule has 0 spiro atoms. The predicted molar refractivity (Wildman–Crippen MR) is 64.7 cm³/mol. The molecule has 1 rings (SSSR count). The lowest BCUT2D eigenvalue weighted by molar-refractivity contribution is 0.638. The number of thioether (sulfide) groups is 1. The maximum Gasteiger partial charge on any atom is 0.0294 e. The third-order valence-corrected chi connectivity index (χ3v) is 3.11. The van der Waals surface area contributed by atoms with E-state index in [4.69, 9.17) is 5.73 Å². The molecule has 1 nitrogen and oxygen atoms in total. The van der Waals surface area contributed by atoms with Gasteiger partial charge in [-0.25, -0.2) is 0 Å². The third-order valence-electron chi connectivity index (χ3n) is 2.22. The number of hydrogen-bond acceptors (Lipinski definition) is 2. The first-order valence-electron chi connectivity index (χ1n) is 5.26. The van der Waals surface area contributed by atoms with Crippen LogP contribution in [0.4, 0.5) is 0 Å². The molecule has 1 atom stereocenters. The summed E-state index contributed by atoms with van der Waals surface area (Å²) in [4.78, 5) is 1.33. The van der Waals surface area contributed by atoms with Gasteiger partial charge in [0.05, 0.1) is 0 Å². The van der Waals surface area contributed by atoms with Crippen molar-refractivity contribution < 1.29 is 0 Å². The monoisotopic (exact) mass is 209 g/mol. The summed E-state index contributed by atoms with van der Waals surface area (Å²) in [5, 5.41) is 0. The molecule has 1 aromatic rings. The minimum atomic E-state index is 0.209. The Balaban J connectivity index is 2.62. The summed E-state index contributed by atoms with van der Waals surface area (Å²) >= 11 is 1.87. The molecule has 0 saturated heterocycles. The molecule has 0 saturated carbocycles. The Morgan fingerprint density at radius 1 is 1.21 bits per heavy atom. The van der Waals surface area contributed by atoms with E-state index >= 15 is 0 Å². The van der Waals surface area contributed by atoms with Crippen LogP contribution in [0.2, 0.25) is 0 Å². The first-order valence-corrected chi connectivity index (χ1v) is 6.24. The molecule has 0 radical (unpaired) electrons. The van der Waals surface area contributed by atoms with Crippen LogP contribution in [0.5, 0.6) is 0 Å². The fourth-order valence-electron chi connectivity index (χ4n) is 1.46. The lowest BCUT2D eigenvalue weighted by Crippen LogP contribution is -2.09. The second-order valence-corrected chi connectivity index (χ2v) is 4.73. The second kappa shape index (κ2) is 6.10. The van der Waals surface area contributed by atoms with Crippen molar-refractivity contribution in [1.82, 2.24) is 0 Å². The number of benzene rings is 1. The Hall–Kier alpha value is -0.470. The van der Waals surface area contributed by atoms with Gasteiger partial charge in [-0.05, 0) is 29.9 Å². The summed E-state index contributed by atoms with van der Waals surface area (Å²) in [5.41, 5.74) is 7.28. The van der Waals surface area contributed by atoms with E-state index < -0.39 is 0 Å². The van der Waals surface area contributed by atoms with Crippen LogP contribution in [0.15, 0.2) is 29.2 Å². The summed E-state index contributed by atoms with van der Waals surface area (Å²) in [6.07, 6.45) is 2.22. The SMILES string of the molecule is CCCC(N)c1ccc(SCC)cc1. The standard InChI is InChI=1S/C12H19NS/c1-3-5-12(13)10-6-8-11(9-7-10)14-4-2/h6-9,12H,3-5,13H2,1-2H3. The highest BCUT2D eigenvalue weighted by Crippen LogP contribution is 2.21. The molecule has 78 valence electrons. The number of hydrogen-bond donors (Lipinski definition) is 1. The van der Waals surface area contributed by atoms with E-state index in [-0.39, 0.29) is 6.04 Å². The topological polar surface area (TPSA) is 26.0 Å². The summed E-state index contributed by atoms with van der Waals surface area (Å²) in [6, 6.07) is 8.84. The van der Waals surface area contributed by atoms with E-state index in [2.05, 4.69) is 38.1 Å². The average Bonchev–Trinajstić information content (AvgIpc) is 2.20. The van der Waals surface area contributed by atoms with Crippen LogP contribution in [-0.2, 0) is 0 Å². The van der Waals surface area contributed by atoms with Crippen molar-refractivity contribution >= 4 is 11.8 Å². The second-order valence-electron chi connectivity index (χ2n) is 3.40. The lowest BCUT2D eigenvalue weighted by atomic mass is 10.0. The molecule has 0 bridgehead atoms. The quantitative estimate of drug-likeness (QED) is 0.750. The number of rotatable bonds is 5. The molecule has 0 aliphatic heterocycles. The zero-order chi connectivity index (χ0) is 10.4. The molecular formula is C12H19NS. The molecular weight excluding hydrogens is 190 g/mol. The lowest BCUT2D eigenvalue weighted by Gasteiger charge is -2.10. The van der Waals surface area contributed by atoms with Gasteiger partial charge in [0.1, 0.15) is 0 Å². The Morgan fingerprint density at radius 2 is 1.86 bits per heavy atom. The highest BCUT2D eigenvalue weighted by molar-refractivity contribution is 7.99. The molecule has 0 aliphatic carbocycles. The van der Waals surface area contributed by atoms with Gasteiger partial charge in [0, 0.05) is 10.9 Å². The molecule has 0 aromatic heterocycles. The molecule has 1 aromatic carbocycles. The van der Waals surface area contributed by atoms with E-state index in [1.807, 2.05) is 11.8 Å². The van der Waals surface area contributed by atoms with E-state index in [1.54, 1.807) is 0 Å². The summed E-state index contributed by atoms with van der Waals surface area (Å²) < 4.78 is 0. The van der Waals surface area contributed by atoms with Gasteiger partial charge in [0.2, 0.25) is 0 Å². The maximum absolute atomic E-state index is 6.02. The minimum absolute atomic E-state index is 0.209. The van der Waals surface area contributed by atoms with Crippen molar-refractivity contribution in [1.29, 1.82) is 0 Å². The van der Waals surface area contributed by atoms with Gasteiger partial charge in [-0.1, -0.05) is 32.4 Å². The van der Waals surface area contributed by atoms with Crippen LogP contribution in [0.25, 0.3) is 0 Å². The molecule has 2 heteroatoms. The normalized spacial score (nSPS) is 12.8. The minimum Gasteiger partial charge on any atom is -0.324 e. The van der Waals surface area contributed by atoms with Crippen LogP contribution in [0.3, 0.4) is 0 Å². The van der Waals surface area contributed by atoms with E-state index in [0.29, 0.717) is 0 Å². The van der Waals surface area contributed by atoms with Crippen LogP contribution in [0, 0.1) is 0 Å². The van der Waals surface area contributed by atoms with Gasteiger partial charge in [0.15, 0.2) is 0 Å². The van der Waals surface area contributed by atoms with E-state index in [9.17, 15) is 0 Å². The van der Waals surface area contributed by atoms with Gasteiger partial charge in [-0.3, -0.25) is 0 Å². The first kappa shape index (κ1) is 11.6. The van der Waals surface area contributed by atoms with Crippen molar-refractivity contribution in [3.8, 4) is 0 Å². The van der Waals surface area contributed by atoms with Crippen LogP contribution >= 0.6 is 11.8 Å². The van der Waals surface area contributed by atoms with E-state index in [1.165, 1.54) is 10.5 Å². The molecule has 0 aliphatic rings. The largest absolute Gasteiger partial charge is 0.324 e. The fraction of sp³-hybridized carbons (Fsp3) is 0.500. The molecule has 0 amide bonds. The predicted octanol–water partition coefficient (Wildman–Crippen LogP) is 3.60. The Bertz CT molecular complexity index is 256. The highest BCUT2D eigenvalue weighted by atomic mass is 32.2. The van der Waals surface area contributed by atoms with Crippen molar-refractivity contribution in [2.75, 3.05) is 5.75 Å². The van der Waals surface area contributed by atoms with Gasteiger partial charge in [-0.2, -0.15) is 0 Å². The zero-order valence-corrected chi connectivity index (χ0v) is 9.81. The van der Waals surface area contributed by atoms with Crippen molar-refractivity contribution in [3.05, 3.63) is 29.8 Å². The van der Waals surface area contributed by atoms with Crippen LogP contribution < -0.4 is 5.73 Å². The highest BCUT2D eigenvalue weighted by Gasteiger charge is 2.03. The first-order chi connectivity index (χ1) is 6.77. The van der Waals surface area contributed by atoms with Gasteiger partial charge in [-0.15, -0.1) is 11.8 Å². The average molecular weight is 209 g/mol. The van der Waals surface area contributed by atoms with Crippen molar-refractivity contribution in [2.24, 2.45) is 5.73 Å². The van der Waals surface area contributed by atoms with Crippen molar-refractivity contribution in [3.63, 3.8) is 0 Å². The molecule has 2 N–H and O–H groups in total. The van der Waals surface area contributed by atoms with Crippen LogP contribution in [0.1, 0.15) is 38.3 Å². The maximum atomic E-state index is 6.02. The smallest absolute Gasteiger partial charge is 0.0294 e. The van der Waals surface area contributed by atoms with Gasteiger partial charge < -0.3 is 5.73 Å². The third kappa shape index (κ3) is 3.35. The molecule has 1 unspecified atom stereocenters. The Morgan fingerprint density at radius 3 is 2.36 bits per heavy atom.